The van der Waals surface area contributed by atoms with Crippen molar-refractivity contribution in [3.63, 3.8) is 0 Å². The van der Waals surface area contributed by atoms with Gasteiger partial charge in [-0.1, -0.05) is 81.4 Å². The third-order valence-corrected chi connectivity index (χ3v) is 14.8. The molecule has 2 aliphatic rings. The van der Waals surface area contributed by atoms with Crippen LogP contribution in [0.1, 0.15) is 51.0 Å². The first-order chi connectivity index (χ1) is 34.3. The summed E-state index contributed by atoms with van der Waals surface area (Å²) in [7, 11) is -2.66. The van der Waals surface area contributed by atoms with Crippen molar-refractivity contribution >= 4 is 136 Å². The van der Waals surface area contributed by atoms with E-state index >= 15 is 0 Å². The SMILES string of the molecule is CS(=O)c1nc(-c2ccc(Cl)cc2Cl)c2[nH]cnc2n1.CS(=O)c1nc(-c2ccc(Cl)cc2Cl)c2ncn(C3CCCCO3)c2n1.CSc1nc(-c2ccc(Cl)cc2Cl)c2ncn(C3CCCCO3)c2n1. The summed E-state index contributed by atoms with van der Waals surface area (Å²) in [6.45, 7) is 1.47. The van der Waals surface area contributed by atoms with Gasteiger partial charge in [-0.2, -0.15) is 4.98 Å². The van der Waals surface area contributed by atoms with E-state index < -0.39 is 21.6 Å². The lowest BCUT2D eigenvalue weighted by Crippen LogP contribution is -2.18. The predicted molar refractivity (Wildman–Crippen MR) is 283 cm³/mol. The van der Waals surface area contributed by atoms with Gasteiger partial charge in [0.1, 0.15) is 46.1 Å². The average Bonchev–Trinajstić information content (AvgIpc) is 4.14. The molecule has 0 spiro atoms. The molecule has 2 fully saturated rings. The van der Waals surface area contributed by atoms with E-state index in [1.54, 1.807) is 67.4 Å². The van der Waals surface area contributed by atoms with E-state index in [0.29, 0.717) is 92.4 Å². The van der Waals surface area contributed by atoms with Crippen molar-refractivity contribution in [2.24, 2.45) is 0 Å². The van der Waals surface area contributed by atoms with Crippen LogP contribution in [-0.2, 0) is 31.1 Å². The van der Waals surface area contributed by atoms with Crippen molar-refractivity contribution in [2.45, 2.75) is 66.5 Å². The van der Waals surface area contributed by atoms with Crippen LogP contribution in [0.2, 0.25) is 30.1 Å². The number of H-pyrrole nitrogens is 1. The highest BCUT2D eigenvalue weighted by Gasteiger charge is 2.25. The largest absolute Gasteiger partial charge is 0.358 e. The Balaban J connectivity index is 0.000000133. The summed E-state index contributed by atoms with van der Waals surface area (Å²) < 4.78 is 39.4. The van der Waals surface area contributed by atoms with Crippen molar-refractivity contribution in [1.29, 1.82) is 0 Å². The topological polar surface area (TPSA) is 194 Å². The van der Waals surface area contributed by atoms with E-state index in [9.17, 15) is 8.42 Å². The summed E-state index contributed by atoms with van der Waals surface area (Å²) in [6, 6.07) is 15.7. The molecule has 8 heterocycles. The molecule has 6 aromatic heterocycles. The van der Waals surface area contributed by atoms with Crippen LogP contribution in [0.4, 0.5) is 0 Å². The highest BCUT2D eigenvalue weighted by atomic mass is 35.5. The summed E-state index contributed by atoms with van der Waals surface area (Å²) in [4.78, 5) is 42.8. The number of thioether (sulfide) groups is 1. The van der Waals surface area contributed by atoms with Gasteiger partial charge in [0, 0.05) is 57.5 Å². The van der Waals surface area contributed by atoms with E-state index in [0.717, 1.165) is 61.9 Å². The molecule has 0 radical (unpaired) electrons. The van der Waals surface area contributed by atoms with E-state index in [-0.39, 0.29) is 22.8 Å². The Morgan fingerprint density at radius 3 is 1.52 bits per heavy atom. The third-order valence-electron chi connectivity index (χ3n) is 11.3. The van der Waals surface area contributed by atoms with Crippen molar-refractivity contribution < 1.29 is 17.9 Å². The maximum atomic E-state index is 12.1. The number of benzene rings is 3. The van der Waals surface area contributed by atoms with Crippen LogP contribution >= 0.6 is 81.4 Å². The zero-order valence-corrected chi connectivity index (χ0v) is 44.8. The Bertz CT molecular complexity index is 3480. The Kier molecular flexibility index (Phi) is 16.5. The number of halogens is 6. The van der Waals surface area contributed by atoms with Gasteiger partial charge in [0.25, 0.3) is 0 Å². The van der Waals surface area contributed by atoms with Gasteiger partial charge in [0.05, 0.1) is 55.6 Å². The summed E-state index contributed by atoms with van der Waals surface area (Å²) in [5, 5.41) is 4.23. The van der Waals surface area contributed by atoms with Crippen molar-refractivity contribution in [1.82, 2.24) is 59.0 Å². The second-order valence-corrected chi connectivity index (χ2v) is 21.8. The molecule has 0 aliphatic carbocycles. The second kappa shape index (κ2) is 22.8. The lowest BCUT2D eigenvalue weighted by molar-refractivity contribution is -0.0299. The smallest absolute Gasteiger partial charge is 0.220 e. The molecule has 4 unspecified atom stereocenters. The normalized spacial score (nSPS) is 16.9. The number of hydrogen-bond acceptors (Lipinski definition) is 14. The minimum Gasteiger partial charge on any atom is -0.358 e. The third kappa shape index (κ3) is 11.4. The van der Waals surface area contributed by atoms with Crippen LogP contribution in [0, 0.1) is 0 Å². The van der Waals surface area contributed by atoms with Gasteiger partial charge in [-0.15, -0.1) is 0 Å². The monoisotopic (exact) mass is 1130 g/mol. The number of fused-ring (bicyclic) bond motifs is 3. The minimum atomic E-state index is -1.35. The Labute approximate surface area is 445 Å². The lowest BCUT2D eigenvalue weighted by Gasteiger charge is -2.23. The number of imidazole rings is 3. The van der Waals surface area contributed by atoms with Gasteiger partial charge in [0.2, 0.25) is 10.3 Å². The van der Waals surface area contributed by atoms with Gasteiger partial charge < -0.3 is 14.5 Å². The van der Waals surface area contributed by atoms with Crippen molar-refractivity contribution in [3.05, 3.63) is 104 Å². The Morgan fingerprint density at radius 1 is 0.592 bits per heavy atom. The molecular weight excluding hydrogens is 1090 g/mol. The van der Waals surface area contributed by atoms with Crippen LogP contribution in [0.15, 0.2) is 89.0 Å². The molecule has 4 atom stereocenters. The van der Waals surface area contributed by atoms with Crippen LogP contribution in [-0.4, -0.2) is 99.4 Å². The number of ether oxygens (including phenoxy) is 2. The molecule has 25 heteroatoms. The zero-order chi connectivity index (χ0) is 49.9. The molecule has 1 N–H and O–H groups in total. The Morgan fingerprint density at radius 2 is 1.06 bits per heavy atom. The van der Waals surface area contributed by atoms with Gasteiger partial charge in [-0.3, -0.25) is 17.6 Å². The summed E-state index contributed by atoms with van der Waals surface area (Å²) in [6.07, 6.45) is 16.1. The molecule has 0 amide bonds. The minimum absolute atomic E-state index is 0.0307. The van der Waals surface area contributed by atoms with Gasteiger partial charge in [-0.05, 0) is 99.4 Å². The molecule has 11 rings (SSSR count). The molecule has 2 saturated heterocycles. The van der Waals surface area contributed by atoms with E-state index in [4.69, 9.17) is 79.1 Å². The van der Waals surface area contributed by atoms with Crippen molar-refractivity contribution in [3.8, 4) is 33.8 Å². The Hall–Kier alpha value is -4.38. The lowest BCUT2D eigenvalue weighted by atomic mass is 10.1. The van der Waals surface area contributed by atoms with Gasteiger partial charge in [-0.25, -0.2) is 39.9 Å². The van der Waals surface area contributed by atoms with Crippen LogP contribution in [0.5, 0.6) is 0 Å². The maximum Gasteiger partial charge on any atom is 0.220 e. The van der Waals surface area contributed by atoms with E-state index in [1.807, 2.05) is 21.5 Å². The fourth-order valence-electron chi connectivity index (χ4n) is 7.88. The average molecular weight is 1130 g/mol. The number of aromatic amines is 1. The highest BCUT2D eigenvalue weighted by Crippen LogP contribution is 2.38. The number of nitrogens with one attached hydrogen (secondary N) is 1. The summed E-state index contributed by atoms with van der Waals surface area (Å²) in [5.41, 5.74) is 7.73. The van der Waals surface area contributed by atoms with Crippen molar-refractivity contribution in [2.75, 3.05) is 32.0 Å². The first-order valence-corrected chi connectivity index (χ1v) is 28.4. The zero-order valence-electron chi connectivity index (χ0n) is 37.8. The first-order valence-electron chi connectivity index (χ1n) is 21.8. The fraction of sp³-hybridized carbons (Fsp3) is 0.283. The van der Waals surface area contributed by atoms with Crippen LogP contribution < -0.4 is 0 Å². The maximum absolute atomic E-state index is 12.1. The quantitative estimate of drug-likeness (QED) is 0.111. The molecule has 71 heavy (non-hydrogen) atoms. The standard InChI is InChI=1S/C17H16Cl2N4O2S.C17H16Cl2N4OS.C12H8Cl2N4OS/c1-26(24)17-21-14(11-6-5-10(18)8-12(11)19)15-16(22-17)23(9-20-15)13-4-2-3-7-25-13;1-25-17-21-14(11-6-5-10(18)8-12(11)19)15-16(22-17)23(9-20-15)13-4-2-3-7-24-13;1-20(19)12-17-9(10-11(18-12)16-5-15-10)7-3-2-6(13)4-8(7)14/h5-6,8-9,13H,2-4,7H2,1H3;5-6,8-9,13H,2-4,7H2,1H3;2-5H,1H3,(H,15,16,17,18). The molecule has 3 aromatic carbocycles. The number of nitrogens with zero attached hydrogens (tertiary/aromatic N) is 11. The summed E-state index contributed by atoms with van der Waals surface area (Å²) >= 11 is 38.4. The number of rotatable bonds is 8. The molecule has 368 valence electrons. The highest BCUT2D eigenvalue weighted by molar-refractivity contribution is 7.98. The first kappa shape index (κ1) is 51.5. The fourth-order valence-corrected chi connectivity index (χ4v) is 10.6. The van der Waals surface area contributed by atoms with E-state index in [2.05, 4.69) is 49.8 Å². The number of aromatic nitrogens is 12. The molecule has 2 aliphatic heterocycles. The van der Waals surface area contributed by atoms with E-state index in [1.165, 1.54) is 24.3 Å². The van der Waals surface area contributed by atoms with Crippen LogP contribution in [0.3, 0.4) is 0 Å². The summed E-state index contributed by atoms with van der Waals surface area (Å²) in [5.74, 6) is 0. The molecule has 9 aromatic rings. The van der Waals surface area contributed by atoms with Gasteiger partial charge >= 0.3 is 0 Å². The van der Waals surface area contributed by atoms with Gasteiger partial charge in [0.15, 0.2) is 22.1 Å². The number of hydrogen-bond donors (Lipinski definition) is 1. The second-order valence-electron chi connectivity index (χ2n) is 15.9. The molecule has 16 nitrogen and oxygen atoms in total. The predicted octanol–water partition coefficient (Wildman–Crippen LogP) is 12.5. The molecule has 0 saturated carbocycles. The van der Waals surface area contributed by atoms with Crippen LogP contribution in [0.25, 0.3) is 67.3 Å². The molecular formula is C46H40Cl6N12O4S3. The molecule has 0 bridgehead atoms.